The molecule has 0 fully saturated rings. The monoisotopic (exact) mass is 314 g/mol. The third-order valence-electron chi connectivity index (χ3n) is 3.04. The van der Waals surface area contributed by atoms with Gasteiger partial charge in [-0.25, -0.2) is 0 Å². The van der Waals surface area contributed by atoms with Gasteiger partial charge in [-0.2, -0.15) is 11.8 Å². The van der Waals surface area contributed by atoms with Crippen LogP contribution in [0.3, 0.4) is 0 Å². The Labute approximate surface area is 126 Å². The molecule has 1 rings (SSSR count). The molecule has 0 saturated heterocycles. The van der Waals surface area contributed by atoms with Crippen LogP contribution < -0.4 is 10.1 Å². The molecule has 116 valence electrons. The van der Waals surface area contributed by atoms with Crippen LogP contribution in [-0.4, -0.2) is 47.2 Å². The van der Waals surface area contributed by atoms with E-state index in [1.165, 1.54) is 37.1 Å². The Hall–Kier alpha value is -1.80. The Morgan fingerprint density at radius 2 is 2.24 bits per heavy atom. The van der Waals surface area contributed by atoms with Gasteiger partial charge in [0, 0.05) is 22.9 Å². The molecule has 0 aromatic heterocycles. The van der Waals surface area contributed by atoms with E-state index in [0.717, 1.165) is 0 Å². The largest absolute Gasteiger partial charge is 0.490 e. The van der Waals surface area contributed by atoms with E-state index in [9.17, 15) is 20.0 Å². The Morgan fingerprint density at radius 1 is 1.57 bits per heavy atom. The molecule has 2 unspecified atom stereocenters. The van der Waals surface area contributed by atoms with Crippen LogP contribution >= 0.6 is 11.8 Å². The fourth-order valence-corrected chi connectivity index (χ4v) is 2.42. The summed E-state index contributed by atoms with van der Waals surface area (Å²) in [5.74, 6) is -0.331. The number of nitro groups is 1. The Balaban J connectivity index is 2.93. The quantitative estimate of drug-likeness (QED) is 0.583. The van der Waals surface area contributed by atoms with Crippen molar-refractivity contribution in [2.45, 2.75) is 18.2 Å². The molecule has 1 aromatic carbocycles. The van der Waals surface area contributed by atoms with Gasteiger partial charge in [0.05, 0.1) is 18.6 Å². The van der Waals surface area contributed by atoms with Crippen molar-refractivity contribution in [3.63, 3.8) is 0 Å². The number of nitro benzene ring substituents is 1. The molecular formula is C13H18N2O5S. The van der Waals surface area contributed by atoms with Gasteiger partial charge >= 0.3 is 5.69 Å². The number of carbonyl (C=O) groups is 1. The van der Waals surface area contributed by atoms with Gasteiger partial charge in [-0.3, -0.25) is 14.9 Å². The number of methoxy groups -OCH3 is 1. The highest BCUT2D eigenvalue weighted by Crippen LogP contribution is 2.27. The normalized spacial score (nSPS) is 13.3. The summed E-state index contributed by atoms with van der Waals surface area (Å²) in [6, 6.07) is 3.75. The molecule has 0 heterocycles. The molecule has 0 saturated carbocycles. The second-order valence-corrected chi connectivity index (χ2v) is 5.44. The minimum absolute atomic E-state index is 0.0641. The standard InChI is InChI=1S/C13H18N2O5S/c1-8(12(7-16)21-3)14-13(17)9-4-5-11(20-2)10(6-9)15(18)19/h4-6,8,12,16H,7H2,1-3H3,(H,14,17). The smallest absolute Gasteiger partial charge is 0.311 e. The molecule has 0 aliphatic heterocycles. The van der Waals surface area contributed by atoms with Gasteiger partial charge < -0.3 is 15.2 Å². The molecule has 7 nitrogen and oxygen atoms in total. The molecule has 2 N–H and O–H groups in total. The van der Waals surface area contributed by atoms with E-state index in [2.05, 4.69) is 5.32 Å². The summed E-state index contributed by atoms with van der Waals surface area (Å²) in [5.41, 5.74) is -0.0893. The number of benzene rings is 1. The van der Waals surface area contributed by atoms with Crippen LogP contribution in [0.1, 0.15) is 17.3 Å². The molecule has 0 aliphatic rings. The van der Waals surface area contributed by atoms with Gasteiger partial charge in [-0.05, 0) is 25.3 Å². The molecule has 21 heavy (non-hydrogen) atoms. The van der Waals surface area contributed by atoms with E-state index in [1.807, 2.05) is 6.26 Å². The van der Waals surface area contributed by atoms with E-state index in [0.29, 0.717) is 0 Å². The van der Waals surface area contributed by atoms with E-state index in [4.69, 9.17) is 4.74 Å². The first-order valence-electron chi connectivity index (χ1n) is 6.21. The highest BCUT2D eigenvalue weighted by Gasteiger charge is 2.21. The van der Waals surface area contributed by atoms with Crippen molar-refractivity contribution in [3.05, 3.63) is 33.9 Å². The number of hydrogen-bond donors (Lipinski definition) is 2. The Bertz CT molecular complexity index is 519. The van der Waals surface area contributed by atoms with Gasteiger partial charge in [0.2, 0.25) is 0 Å². The highest BCUT2D eigenvalue weighted by molar-refractivity contribution is 7.99. The van der Waals surface area contributed by atoms with E-state index in [1.54, 1.807) is 6.92 Å². The Kier molecular flexibility index (Phi) is 6.44. The van der Waals surface area contributed by atoms with E-state index >= 15 is 0 Å². The zero-order valence-corrected chi connectivity index (χ0v) is 12.8. The van der Waals surface area contributed by atoms with Crippen molar-refractivity contribution in [1.29, 1.82) is 0 Å². The number of nitrogens with one attached hydrogen (secondary N) is 1. The lowest BCUT2D eigenvalue weighted by molar-refractivity contribution is -0.385. The number of thioether (sulfide) groups is 1. The molecule has 1 aromatic rings. The first kappa shape index (κ1) is 17.3. The van der Waals surface area contributed by atoms with Crippen molar-refractivity contribution in [1.82, 2.24) is 5.32 Å². The van der Waals surface area contributed by atoms with Crippen LogP contribution in [0.5, 0.6) is 5.75 Å². The van der Waals surface area contributed by atoms with Gasteiger partial charge in [0.1, 0.15) is 0 Å². The average molecular weight is 314 g/mol. The molecule has 8 heteroatoms. The van der Waals surface area contributed by atoms with Crippen LogP contribution in [0.2, 0.25) is 0 Å². The van der Waals surface area contributed by atoms with Crippen molar-refractivity contribution in [2.75, 3.05) is 20.0 Å². The minimum Gasteiger partial charge on any atom is -0.490 e. The van der Waals surface area contributed by atoms with Crippen LogP contribution in [0.25, 0.3) is 0 Å². The van der Waals surface area contributed by atoms with Crippen molar-refractivity contribution in [2.24, 2.45) is 0 Å². The molecular weight excluding hydrogens is 296 g/mol. The maximum Gasteiger partial charge on any atom is 0.311 e. The lowest BCUT2D eigenvalue weighted by atomic mass is 10.1. The lowest BCUT2D eigenvalue weighted by Gasteiger charge is -2.21. The SMILES string of the molecule is COc1ccc(C(=O)NC(C)C(CO)SC)cc1[N+](=O)[O-]. The second kappa shape index (κ2) is 7.84. The van der Waals surface area contributed by atoms with Crippen molar-refractivity contribution >= 4 is 23.4 Å². The zero-order valence-electron chi connectivity index (χ0n) is 12.0. The van der Waals surface area contributed by atoms with Gasteiger partial charge in [-0.1, -0.05) is 0 Å². The predicted octanol–water partition coefficient (Wildman–Crippen LogP) is 1.45. The zero-order chi connectivity index (χ0) is 16.0. The highest BCUT2D eigenvalue weighted by atomic mass is 32.2. The predicted molar refractivity (Wildman–Crippen MR) is 81.0 cm³/mol. The number of amides is 1. The van der Waals surface area contributed by atoms with Crippen LogP contribution in [-0.2, 0) is 0 Å². The molecule has 0 radical (unpaired) electrons. The van der Waals surface area contributed by atoms with Crippen molar-refractivity contribution < 1.29 is 19.6 Å². The summed E-state index contributed by atoms with van der Waals surface area (Å²) in [6.45, 7) is 1.71. The summed E-state index contributed by atoms with van der Waals surface area (Å²) in [5, 5.41) is 22.7. The van der Waals surface area contributed by atoms with Crippen LogP contribution in [0, 0.1) is 10.1 Å². The number of nitrogens with zero attached hydrogens (tertiary/aromatic N) is 1. The lowest BCUT2D eigenvalue weighted by Crippen LogP contribution is -2.41. The minimum atomic E-state index is -0.600. The topological polar surface area (TPSA) is 102 Å². The molecule has 2 atom stereocenters. The summed E-state index contributed by atoms with van der Waals surface area (Å²) in [7, 11) is 1.33. The molecule has 0 spiro atoms. The number of ether oxygens (including phenoxy) is 1. The second-order valence-electron chi connectivity index (χ2n) is 4.36. The first-order valence-corrected chi connectivity index (χ1v) is 7.50. The van der Waals surface area contributed by atoms with Gasteiger partial charge in [0.25, 0.3) is 5.91 Å². The summed E-state index contributed by atoms with van der Waals surface area (Å²) in [6.07, 6.45) is 1.84. The molecule has 0 bridgehead atoms. The summed E-state index contributed by atoms with van der Waals surface area (Å²) in [4.78, 5) is 22.4. The van der Waals surface area contributed by atoms with E-state index in [-0.39, 0.29) is 34.9 Å². The number of carbonyl (C=O) groups excluding carboxylic acids is 1. The summed E-state index contributed by atoms with van der Waals surface area (Å²) >= 11 is 1.44. The van der Waals surface area contributed by atoms with Gasteiger partial charge in [-0.15, -0.1) is 0 Å². The fourth-order valence-electron chi connectivity index (χ4n) is 1.79. The average Bonchev–Trinajstić information content (AvgIpc) is 2.47. The number of rotatable bonds is 7. The van der Waals surface area contributed by atoms with Gasteiger partial charge in [0.15, 0.2) is 5.75 Å². The maximum absolute atomic E-state index is 12.1. The van der Waals surface area contributed by atoms with E-state index < -0.39 is 10.8 Å². The number of hydrogen-bond acceptors (Lipinski definition) is 6. The maximum atomic E-state index is 12.1. The fraction of sp³-hybridized carbons (Fsp3) is 0.462. The van der Waals surface area contributed by atoms with Crippen LogP contribution in [0.15, 0.2) is 18.2 Å². The van der Waals surface area contributed by atoms with Crippen LogP contribution in [0.4, 0.5) is 5.69 Å². The summed E-state index contributed by atoms with van der Waals surface area (Å²) < 4.78 is 4.89. The number of aliphatic hydroxyl groups excluding tert-OH is 1. The molecule has 0 aliphatic carbocycles. The third-order valence-corrected chi connectivity index (χ3v) is 4.20. The first-order chi connectivity index (χ1) is 9.94. The number of aliphatic hydroxyl groups is 1. The van der Waals surface area contributed by atoms with Crippen molar-refractivity contribution in [3.8, 4) is 5.75 Å². The Morgan fingerprint density at radius 3 is 2.71 bits per heavy atom. The third kappa shape index (κ3) is 4.33. The molecule has 1 amide bonds.